The lowest BCUT2D eigenvalue weighted by Crippen LogP contribution is -2.52. The number of carbonyl (C=O) groups is 1. The van der Waals surface area contributed by atoms with Crippen molar-refractivity contribution in [1.29, 1.82) is 0 Å². The summed E-state index contributed by atoms with van der Waals surface area (Å²) >= 11 is 0. The molecule has 3 rings (SSSR count). The minimum Gasteiger partial charge on any atom is -0.480 e. The minimum absolute atomic E-state index is 0.155. The summed E-state index contributed by atoms with van der Waals surface area (Å²) in [4.78, 5) is 19.0. The summed E-state index contributed by atoms with van der Waals surface area (Å²) in [7, 11) is 1.52. The molecule has 1 N–H and O–H groups in total. The van der Waals surface area contributed by atoms with Crippen LogP contribution in [0.2, 0.25) is 0 Å². The van der Waals surface area contributed by atoms with Crippen LogP contribution in [0.3, 0.4) is 0 Å². The van der Waals surface area contributed by atoms with Crippen LogP contribution in [0, 0.1) is 5.92 Å². The van der Waals surface area contributed by atoms with Gasteiger partial charge in [-0.2, -0.15) is 0 Å². The van der Waals surface area contributed by atoms with Crippen molar-refractivity contribution in [3.63, 3.8) is 0 Å². The van der Waals surface area contributed by atoms with Crippen molar-refractivity contribution in [2.24, 2.45) is 5.92 Å². The number of carbonyl (C=O) groups excluding carboxylic acids is 1. The van der Waals surface area contributed by atoms with Gasteiger partial charge in [-0.3, -0.25) is 9.69 Å². The fraction of sp³-hybridized carbons (Fsp3) is 0.647. The molecule has 0 radical (unpaired) electrons. The van der Waals surface area contributed by atoms with E-state index in [-0.39, 0.29) is 11.9 Å². The fourth-order valence-electron chi connectivity index (χ4n) is 3.38. The van der Waals surface area contributed by atoms with Gasteiger partial charge in [0.05, 0.1) is 26.9 Å². The minimum atomic E-state index is -0.155. The topological polar surface area (TPSA) is 72.9 Å². The van der Waals surface area contributed by atoms with Gasteiger partial charge in [-0.15, -0.1) is 0 Å². The Morgan fingerprint density at radius 3 is 2.96 bits per heavy atom. The number of methoxy groups -OCH3 is 1. The number of pyridine rings is 1. The molecular weight excluding hydrogens is 310 g/mol. The number of hydrogen-bond acceptors (Lipinski definition) is 6. The van der Waals surface area contributed by atoms with E-state index in [1.54, 1.807) is 18.3 Å². The molecule has 0 unspecified atom stereocenters. The van der Waals surface area contributed by atoms with E-state index in [2.05, 4.69) is 15.2 Å². The molecule has 2 fully saturated rings. The van der Waals surface area contributed by atoms with Gasteiger partial charge >= 0.3 is 0 Å². The van der Waals surface area contributed by atoms with Gasteiger partial charge in [-0.1, -0.05) is 0 Å². The molecule has 2 aliphatic rings. The smallest absolute Gasteiger partial charge is 0.256 e. The average molecular weight is 335 g/mol. The number of morpholine rings is 1. The number of rotatable bonds is 6. The summed E-state index contributed by atoms with van der Waals surface area (Å²) in [6.45, 7) is 5.43. The van der Waals surface area contributed by atoms with Crippen LogP contribution in [0.4, 0.5) is 0 Å². The van der Waals surface area contributed by atoms with E-state index in [0.29, 0.717) is 23.9 Å². The normalized spacial score (nSPS) is 23.0. The van der Waals surface area contributed by atoms with Crippen LogP contribution in [0.15, 0.2) is 18.3 Å². The highest BCUT2D eigenvalue weighted by Gasteiger charge is 2.32. The molecule has 0 spiro atoms. The summed E-state index contributed by atoms with van der Waals surface area (Å²) in [5.41, 5.74) is 0.461. The molecule has 0 bridgehead atoms. The van der Waals surface area contributed by atoms with Gasteiger partial charge in [-0.05, 0) is 18.6 Å². The molecule has 2 aliphatic heterocycles. The third-order valence-electron chi connectivity index (χ3n) is 4.70. The molecule has 1 amide bonds. The lowest BCUT2D eigenvalue weighted by Gasteiger charge is -2.37. The predicted octanol–water partition coefficient (Wildman–Crippen LogP) is 0.557. The summed E-state index contributed by atoms with van der Waals surface area (Å²) in [6, 6.07) is 3.73. The van der Waals surface area contributed by atoms with E-state index < -0.39 is 0 Å². The van der Waals surface area contributed by atoms with Crippen molar-refractivity contribution in [2.45, 2.75) is 12.5 Å². The Balaban J connectivity index is 1.65. The van der Waals surface area contributed by atoms with E-state index in [0.717, 1.165) is 45.9 Å². The zero-order valence-corrected chi connectivity index (χ0v) is 14.1. The Morgan fingerprint density at radius 2 is 2.25 bits per heavy atom. The van der Waals surface area contributed by atoms with Crippen LogP contribution >= 0.6 is 0 Å². The van der Waals surface area contributed by atoms with Crippen LogP contribution in [0.25, 0.3) is 0 Å². The van der Waals surface area contributed by atoms with Crippen molar-refractivity contribution in [1.82, 2.24) is 15.2 Å². The average Bonchev–Trinajstić information content (AvgIpc) is 3.17. The molecule has 3 heterocycles. The maximum atomic E-state index is 12.5. The van der Waals surface area contributed by atoms with Crippen molar-refractivity contribution in [2.75, 3.05) is 53.2 Å². The first-order valence-corrected chi connectivity index (χ1v) is 8.46. The van der Waals surface area contributed by atoms with Crippen LogP contribution in [0.1, 0.15) is 16.8 Å². The highest BCUT2D eigenvalue weighted by Crippen LogP contribution is 2.22. The van der Waals surface area contributed by atoms with Gasteiger partial charge in [0, 0.05) is 44.4 Å². The van der Waals surface area contributed by atoms with Gasteiger partial charge < -0.3 is 19.5 Å². The maximum Gasteiger partial charge on any atom is 0.256 e. The monoisotopic (exact) mass is 335 g/mol. The highest BCUT2D eigenvalue weighted by atomic mass is 16.5. The Kier molecular flexibility index (Phi) is 6.01. The van der Waals surface area contributed by atoms with Crippen LogP contribution in [-0.4, -0.2) is 75.0 Å². The van der Waals surface area contributed by atoms with Gasteiger partial charge in [0.15, 0.2) is 0 Å². The Hall–Kier alpha value is -1.70. The molecule has 2 atom stereocenters. The first-order valence-electron chi connectivity index (χ1n) is 8.46. The second-order valence-electron chi connectivity index (χ2n) is 6.11. The first kappa shape index (κ1) is 17.1. The number of nitrogens with one attached hydrogen (secondary N) is 1. The van der Waals surface area contributed by atoms with Crippen LogP contribution in [0.5, 0.6) is 5.88 Å². The number of hydrogen-bond donors (Lipinski definition) is 1. The van der Waals surface area contributed by atoms with Crippen molar-refractivity contribution < 1.29 is 19.0 Å². The molecule has 132 valence electrons. The van der Waals surface area contributed by atoms with E-state index in [9.17, 15) is 4.79 Å². The number of amides is 1. The third-order valence-corrected chi connectivity index (χ3v) is 4.70. The largest absolute Gasteiger partial charge is 0.480 e. The summed E-state index contributed by atoms with van der Waals surface area (Å²) in [6.07, 6.45) is 2.65. The molecule has 0 aromatic carbocycles. The van der Waals surface area contributed by atoms with Gasteiger partial charge in [0.2, 0.25) is 5.88 Å². The molecule has 24 heavy (non-hydrogen) atoms. The second kappa shape index (κ2) is 8.41. The zero-order chi connectivity index (χ0) is 16.8. The first-order chi connectivity index (χ1) is 11.8. The molecule has 7 nitrogen and oxygen atoms in total. The van der Waals surface area contributed by atoms with Crippen LogP contribution < -0.4 is 10.1 Å². The predicted molar refractivity (Wildman–Crippen MR) is 88.2 cm³/mol. The standard InChI is InChI=1S/C17H25N3O4/c1-22-17-14(3-2-5-18-17)16(21)19-11-15(13-4-8-24-12-13)20-6-9-23-10-7-20/h2-3,5,13,15H,4,6-12H2,1H3,(H,19,21)/t13-,15+/m0/s1. The van der Waals surface area contributed by atoms with E-state index in [1.807, 2.05) is 0 Å². The molecule has 0 aliphatic carbocycles. The molecule has 7 heteroatoms. The quantitative estimate of drug-likeness (QED) is 0.819. The van der Waals surface area contributed by atoms with E-state index in [1.165, 1.54) is 7.11 Å². The number of aromatic nitrogens is 1. The lowest BCUT2D eigenvalue weighted by atomic mass is 9.96. The SMILES string of the molecule is COc1ncccc1C(=O)NC[C@H]([C@H]1CCOC1)N1CCOCC1. The van der Waals surface area contributed by atoms with Crippen molar-refractivity contribution >= 4 is 5.91 Å². The molecule has 0 saturated carbocycles. The highest BCUT2D eigenvalue weighted by molar-refractivity contribution is 5.96. The molecule has 1 aromatic heterocycles. The van der Waals surface area contributed by atoms with Gasteiger partial charge in [0.25, 0.3) is 5.91 Å². The summed E-state index contributed by atoms with van der Waals surface area (Å²) < 4.78 is 16.2. The van der Waals surface area contributed by atoms with E-state index >= 15 is 0 Å². The lowest BCUT2D eigenvalue weighted by molar-refractivity contribution is 0.00166. The Bertz CT molecular complexity index is 542. The second-order valence-corrected chi connectivity index (χ2v) is 6.11. The third kappa shape index (κ3) is 4.03. The van der Waals surface area contributed by atoms with Crippen LogP contribution in [-0.2, 0) is 9.47 Å². The summed E-state index contributed by atoms with van der Waals surface area (Å²) in [5, 5.41) is 3.05. The van der Waals surface area contributed by atoms with Crippen molar-refractivity contribution in [3.8, 4) is 5.88 Å². The maximum absolute atomic E-state index is 12.5. The zero-order valence-electron chi connectivity index (χ0n) is 14.1. The Labute approximate surface area is 142 Å². The molecular formula is C17H25N3O4. The van der Waals surface area contributed by atoms with E-state index in [4.69, 9.17) is 14.2 Å². The summed E-state index contributed by atoms with van der Waals surface area (Å²) in [5.74, 6) is 0.637. The number of ether oxygens (including phenoxy) is 3. The molecule has 2 saturated heterocycles. The Morgan fingerprint density at radius 1 is 1.42 bits per heavy atom. The number of nitrogens with zero attached hydrogens (tertiary/aromatic N) is 2. The van der Waals surface area contributed by atoms with Gasteiger partial charge in [-0.25, -0.2) is 4.98 Å². The van der Waals surface area contributed by atoms with Gasteiger partial charge in [0.1, 0.15) is 5.56 Å². The molecule has 1 aromatic rings. The van der Waals surface area contributed by atoms with Crippen molar-refractivity contribution in [3.05, 3.63) is 23.9 Å². The fourth-order valence-corrected chi connectivity index (χ4v) is 3.38.